The van der Waals surface area contributed by atoms with E-state index in [1.165, 1.54) is 0 Å². The van der Waals surface area contributed by atoms with Gasteiger partial charge in [-0.2, -0.15) is 0 Å². The molecule has 1 N–H and O–H groups in total. The molecule has 0 spiro atoms. The Bertz CT molecular complexity index is 630. The number of rotatable bonds is 3. The smallest absolute Gasteiger partial charge is 0.310 e. The van der Waals surface area contributed by atoms with Crippen LogP contribution in [-0.4, -0.2) is 65.3 Å². The number of carboxylic acids is 1. The summed E-state index contributed by atoms with van der Waals surface area (Å²) in [6.45, 7) is 2.61. The van der Waals surface area contributed by atoms with Crippen LogP contribution in [0.25, 0.3) is 0 Å². The molecule has 4 heterocycles. The summed E-state index contributed by atoms with van der Waals surface area (Å²) in [6, 6.07) is 5.79. The molecule has 2 bridgehead atoms. The molecule has 0 aliphatic carbocycles. The maximum atomic E-state index is 12.9. The summed E-state index contributed by atoms with van der Waals surface area (Å²) in [4.78, 5) is 32.7. The molecule has 3 fully saturated rings. The summed E-state index contributed by atoms with van der Waals surface area (Å²) in [5.74, 6) is -1.27. The first kappa shape index (κ1) is 15.4. The van der Waals surface area contributed by atoms with Gasteiger partial charge in [-0.3, -0.25) is 9.59 Å². The molecule has 3 aliphatic heterocycles. The second kappa shape index (κ2) is 6.05. The number of fused-ring (bicyclic) bond motifs is 2. The van der Waals surface area contributed by atoms with Gasteiger partial charge in [-0.05, 0) is 25.0 Å². The van der Waals surface area contributed by atoms with E-state index in [1.807, 2.05) is 18.2 Å². The monoisotopic (exact) mass is 331 g/mol. The lowest BCUT2D eigenvalue weighted by Crippen LogP contribution is -2.53. The average Bonchev–Trinajstić information content (AvgIpc) is 3.23. The molecule has 0 aromatic carbocycles. The summed E-state index contributed by atoms with van der Waals surface area (Å²) in [5.41, 5.74) is 0. The normalized spacial score (nSPS) is 32.2. The number of aromatic nitrogens is 1. The molecule has 4 atom stereocenters. The summed E-state index contributed by atoms with van der Waals surface area (Å²) in [6.07, 6.45) is 2.78. The van der Waals surface area contributed by atoms with Crippen LogP contribution in [0.5, 0.6) is 0 Å². The molecule has 1 amide bonds. The number of carbonyl (C=O) groups excluding carboxylic acids is 1. The molecule has 7 heteroatoms. The van der Waals surface area contributed by atoms with Crippen LogP contribution in [0.3, 0.4) is 0 Å². The van der Waals surface area contributed by atoms with Gasteiger partial charge in [-0.1, -0.05) is 6.07 Å². The van der Waals surface area contributed by atoms with E-state index in [1.54, 1.807) is 11.1 Å². The summed E-state index contributed by atoms with van der Waals surface area (Å²) < 4.78 is 5.71. The zero-order valence-corrected chi connectivity index (χ0v) is 13.4. The predicted molar refractivity (Wildman–Crippen MR) is 85.5 cm³/mol. The Morgan fingerprint density at radius 2 is 1.79 bits per heavy atom. The van der Waals surface area contributed by atoms with E-state index in [-0.39, 0.29) is 18.1 Å². The highest BCUT2D eigenvalue weighted by molar-refractivity contribution is 5.86. The van der Waals surface area contributed by atoms with Crippen molar-refractivity contribution < 1.29 is 19.4 Å². The van der Waals surface area contributed by atoms with Crippen LogP contribution < -0.4 is 4.90 Å². The molecule has 24 heavy (non-hydrogen) atoms. The van der Waals surface area contributed by atoms with Crippen molar-refractivity contribution in [1.29, 1.82) is 0 Å². The highest BCUT2D eigenvalue weighted by Gasteiger charge is 2.56. The zero-order chi connectivity index (χ0) is 16.7. The third-order valence-corrected chi connectivity index (χ3v) is 5.41. The van der Waals surface area contributed by atoms with Crippen molar-refractivity contribution in [2.75, 3.05) is 31.1 Å². The quantitative estimate of drug-likeness (QED) is 0.874. The van der Waals surface area contributed by atoms with E-state index in [0.29, 0.717) is 26.2 Å². The molecule has 4 rings (SSSR count). The molecule has 3 saturated heterocycles. The number of ether oxygens (including phenoxy) is 1. The van der Waals surface area contributed by atoms with Gasteiger partial charge in [-0.15, -0.1) is 0 Å². The minimum atomic E-state index is -0.910. The predicted octanol–water partition coefficient (Wildman–Crippen LogP) is 0.608. The van der Waals surface area contributed by atoms with Gasteiger partial charge in [0, 0.05) is 32.4 Å². The fourth-order valence-electron chi connectivity index (χ4n) is 4.21. The van der Waals surface area contributed by atoms with Crippen LogP contribution in [0, 0.1) is 11.8 Å². The number of carbonyl (C=O) groups is 2. The number of hydrogen-bond donors (Lipinski definition) is 1. The number of hydrogen-bond acceptors (Lipinski definition) is 5. The van der Waals surface area contributed by atoms with Crippen molar-refractivity contribution in [3.8, 4) is 0 Å². The fourth-order valence-corrected chi connectivity index (χ4v) is 4.21. The first-order chi connectivity index (χ1) is 11.6. The Morgan fingerprint density at radius 3 is 2.42 bits per heavy atom. The molecule has 1 aromatic heterocycles. The SMILES string of the molecule is O=C(O)[C@H]1[C@@H](C(=O)N2CCN(c3ccccn3)CC2)[C@H]2CC[C@H]1O2. The molecule has 7 nitrogen and oxygen atoms in total. The van der Waals surface area contributed by atoms with Gasteiger partial charge in [0.1, 0.15) is 5.82 Å². The van der Waals surface area contributed by atoms with Crippen LogP contribution in [0.1, 0.15) is 12.8 Å². The fraction of sp³-hybridized carbons (Fsp3) is 0.588. The Kier molecular flexibility index (Phi) is 3.88. The van der Waals surface area contributed by atoms with E-state index in [9.17, 15) is 14.7 Å². The second-order valence-electron chi connectivity index (χ2n) is 6.68. The molecule has 0 unspecified atom stereocenters. The number of aliphatic carboxylic acids is 1. The highest BCUT2D eigenvalue weighted by Crippen LogP contribution is 2.44. The van der Waals surface area contributed by atoms with E-state index in [0.717, 1.165) is 18.7 Å². The van der Waals surface area contributed by atoms with Gasteiger partial charge in [0.05, 0.1) is 24.0 Å². The van der Waals surface area contributed by atoms with Gasteiger partial charge in [0.25, 0.3) is 0 Å². The molecular weight excluding hydrogens is 310 g/mol. The number of carboxylic acid groups (broad SMARTS) is 1. The van der Waals surface area contributed by atoms with Gasteiger partial charge >= 0.3 is 5.97 Å². The van der Waals surface area contributed by atoms with Gasteiger partial charge in [-0.25, -0.2) is 4.98 Å². The van der Waals surface area contributed by atoms with E-state index < -0.39 is 17.8 Å². The van der Waals surface area contributed by atoms with Gasteiger partial charge in [0.2, 0.25) is 5.91 Å². The van der Waals surface area contributed by atoms with Crippen molar-refractivity contribution in [2.24, 2.45) is 11.8 Å². The number of amides is 1. The average molecular weight is 331 g/mol. The maximum Gasteiger partial charge on any atom is 0.310 e. The Hall–Kier alpha value is -2.15. The molecule has 1 aromatic rings. The lowest BCUT2D eigenvalue weighted by molar-refractivity contribution is -0.151. The van der Waals surface area contributed by atoms with Crippen molar-refractivity contribution in [3.63, 3.8) is 0 Å². The largest absolute Gasteiger partial charge is 0.481 e. The molecular formula is C17H21N3O4. The van der Waals surface area contributed by atoms with Crippen molar-refractivity contribution in [1.82, 2.24) is 9.88 Å². The lowest BCUT2D eigenvalue weighted by atomic mass is 9.78. The minimum Gasteiger partial charge on any atom is -0.481 e. The Labute approximate surface area is 140 Å². The Balaban J connectivity index is 1.42. The van der Waals surface area contributed by atoms with Crippen LogP contribution in [0.4, 0.5) is 5.82 Å². The van der Waals surface area contributed by atoms with Crippen LogP contribution in [0.15, 0.2) is 24.4 Å². The zero-order valence-electron chi connectivity index (χ0n) is 13.4. The maximum absolute atomic E-state index is 12.9. The van der Waals surface area contributed by atoms with Crippen LogP contribution >= 0.6 is 0 Å². The van der Waals surface area contributed by atoms with E-state index in [2.05, 4.69) is 9.88 Å². The third-order valence-electron chi connectivity index (χ3n) is 5.41. The summed E-state index contributed by atoms with van der Waals surface area (Å²) in [7, 11) is 0. The first-order valence-corrected chi connectivity index (χ1v) is 8.48. The van der Waals surface area contributed by atoms with Crippen LogP contribution in [-0.2, 0) is 14.3 Å². The lowest BCUT2D eigenvalue weighted by Gasteiger charge is -2.38. The van der Waals surface area contributed by atoms with Crippen molar-refractivity contribution >= 4 is 17.7 Å². The molecule has 0 radical (unpaired) electrons. The number of nitrogens with zero attached hydrogens (tertiary/aromatic N) is 3. The topological polar surface area (TPSA) is 83.0 Å². The third kappa shape index (κ3) is 2.53. The van der Waals surface area contributed by atoms with Gasteiger partial charge < -0.3 is 19.6 Å². The molecule has 3 aliphatic rings. The first-order valence-electron chi connectivity index (χ1n) is 8.48. The standard InChI is InChI=1S/C17H21N3O4/c21-16(14-11-4-5-12(24-11)15(14)17(22)23)20-9-7-19(8-10-20)13-3-1-2-6-18-13/h1-3,6,11-12,14-15H,4-5,7-10H2,(H,22,23)/t11-,12-,14+,15-/m1/s1. The van der Waals surface area contributed by atoms with Crippen molar-refractivity contribution in [2.45, 2.75) is 25.0 Å². The second-order valence-corrected chi connectivity index (χ2v) is 6.68. The minimum absolute atomic E-state index is 0.0599. The number of piperazine rings is 1. The Morgan fingerprint density at radius 1 is 1.08 bits per heavy atom. The van der Waals surface area contributed by atoms with Crippen LogP contribution in [0.2, 0.25) is 0 Å². The van der Waals surface area contributed by atoms with E-state index >= 15 is 0 Å². The van der Waals surface area contributed by atoms with Crippen molar-refractivity contribution in [3.05, 3.63) is 24.4 Å². The molecule has 128 valence electrons. The van der Waals surface area contributed by atoms with Gasteiger partial charge in [0.15, 0.2) is 0 Å². The molecule has 0 saturated carbocycles. The number of pyridine rings is 1. The number of anilines is 1. The van der Waals surface area contributed by atoms with E-state index in [4.69, 9.17) is 4.74 Å². The highest BCUT2D eigenvalue weighted by atomic mass is 16.5. The summed E-state index contributed by atoms with van der Waals surface area (Å²) >= 11 is 0. The summed E-state index contributed by atoms with van der Waals surface area (Å²) in [5, 5.41) is 9.48.